The average Bonchev–Trinajstić information content (AvgIpc) is 2.72. The van der Waals surface area contributed by atoms with Gasteiger partial charge in [-0.15, -0.1) is 0 Å². The number of amides is 1. The Bertz CT molecular complexity index is 951. The maximum Gasteiger partial charge on any atom is 0.339 e. The summed E-state index contributed by atoms with van der Waals surface area (Å²) < 4.78 is 15.4. The van der Waals surface area contributed by atoms with Crippen LogP contribution < -0.4 is 10.1 Å². The summed E-state index contributed by atoms with van der Waals surface area (Å²) in [5.41, 5.74) is 2.45. The van der Waals surface area contributed by atoms with Crippen molar-refractivity contribution in [2.75, 3.05) is 19.5 Å². The van der Waals surface area contributed by atoms with Crippen molar-refractivity contribution in [3.05, 3.63) is 58.7 Å². The molecule has 0 bridgehead atoms. The Morgan fingerprint density at radius 2 is 1.57 bits per heavy atom. The molecule has 0 radical (unpaired) electrons. The first kappa shape index (κ1) is 22.9. The van der Waals surface area contributed by atoms with Crippen LogP contribution in [0.15, 0.2) is 36.4 Å². The van der Waals surface area contributed by atoms with Gasteiger partial charge in [0.15, 0.2) is 6.10 Å². The van der Waals surface area contributed by atoms with Crippen LogP contribution in [-0.4, -0.2) is 38.2 Å². The Hall–Kier alpha value is -3.35. The van der Waals surface area contributed by atoms with Crippen molar-refractivity contribution in [1.29, 1.82) is 0 Å². The van der Waals surface area contributed by atoms with Crippen LogP contribution in [0.1, 0.15) is 58.5 Å². The van der Waals surface area contributed by atoms with Gasteiger partial charge in [0, 0.05) is 0 Å². The number of aryl methyl sites for hydroxylation is 1. The highest BCUT2D eigenvalue weighted by Gasteiger charge is 2.22. The van der Waals surface area contributed by atoms with Gasteiger partial charge in [0.2, 0.25) is 0 Å². The minimum atomic E-state index is -0.850. The summed E-state index contributed by atoms with van der Waals surface area (Å²) in [6.07, 6.45) is -0.850. The maximum absolute atomic E-state index is 12.8. The molecule has 0 saturated heterocycles. The molecule has 0 aliphatic carbocycles. The molecule has 7 nitrogen and oxygen atoms in total. The number of anilines is 1. The Morgan fingerprint density at radius 1 is 0.900 bits per heavy atom. The molecule has 0 heterocycles. The molecule has 1 N–H and O–H groups in total. The van der Waals surface area contributed by atoms with E-state index in [0.717, 1.165) is 11.1 Å². The molecule has 0 aliphatic heterocycles. The van der Waals surface area contributed by atoms with Gasteiger partial charge in [-0.2, -0.15) is 0 Å². The number of hydrogen-bond acceptors (Lipinski definition) is 6. The predicted molar refractivity (Wildman–Crippen MR) is 113 cm³/mol. The van der Waals surface area contributed by atoms with Crippen molar-refractivity contribution in [1.82, 2.24) is 0 Å². The summed E-state index contributed by atoms with van der Waals surface area (Å²) in [7, 11) is 2.48. The molecule has 1 atom stereocenters. The van der Waals surface area contributed by atoms with Crippen LogP contribution in [0.5, 0.6) is 5.75 Å². The Labute approximate surface area is 176 Å². The van der Waals surface area contributed by atoms with E-state index in [4.69, 9.17) is 14.2 Å². The number of carbonyl (C=O) groups excluding carboxylic acids is 3. The first-order valence-corrected chi connectivity index (χ1v) is 9.56. The largest absolute Gasteiger partial charge is 0.481 e. The molecule has 160 valence electrons. The number of esters is 2. The minimum absolute atomic E-state index is 0.115. The van der Waals surface area contributed by atoms with Gasteiger partial charge in [0.1, 0.15) is 5.75 Å². The quantitative estimate of drug-likeness (QED) is 0.688. The molecular formula is C23H27NO6. The number of benzene rings is 2. The van der Waals surface area contributed by atoms with Crippen molar-refractivity contribution in [3.8, 4) is 5.75 Å². The SMILES string of the molecule is COC(=O)c1ccc(C(=O)OC)c(NC(=O)[C@H](C)Oc2cc(C)ccc2C(C)C)c1. The van der Waals surface area contributed by atoms with Gasteiger partial charge in [-0.25, -0.2) is 9.59 Å². The molecule has 0 aliphatic rings. The lowest BCUT2D eigenvalue weighted by Crippen LogP contribution is -2.31. The van der Waals surface area contributed by atoms with Crippen LogP contribution in [0.3, 0.4) is 0 Å². The molecule has 7 heteroatoms. The van der Waals surface area contributed by atoms with Gasteiger partial charge in [-0.3, -0.25) is 4.79 Å². The molecule has 2 rings (SSSR count). The molecule has 1 amide bonds. The van der Waals surface area contributed by atoms with Crippen LogP contribution in [0.25, 0.3) is 0 Å². The molecule has 30 heavy (non-hydrogen) atoms. The van der Waals surface area contributed by atoms with Gasteiger partial charge in [-0.1, -0.05) is 26.0 Å². The van der Waals surface area contributed by atoms with Crippen LogP contribution >= 0.6 is 0 Å². The fraction of sp³-hybridized carbons (Fsp3) is 0.348. The summed E-state index contributed by atoms with van der Waals surface area (Å²) in [5, 5.41) is 2.66. The van der Waals surface area contributed by atoms with E-state index >= 15 is 0 Å². The second kappa shape index (κ2) is 9.91. The van der Waals surface area contributed by atoms with Crippen molar-refractivity contribution in [2.45, 2.75) is 39.7 Å². The van der Waals surface area contributed by atoms with Crippen LogP contribution in [0.2, 0.25) is 0 Å². The summed E-state index contributed by atoms with van der Waals surface area (Å²) in [5.74, 6) is -0.857. The first-order valence-electron chi connectivity index (χ1n) is 9.56. The molecule has 2 aromatic carbocycles. The monoisotopic (exact) mass is 413 g/mol. The zero-order chi connectivity index (χ0) is 22.4. The number of nitrogens with one attached hydrogen (secondary N) is 1. The van der Waals surface area contributed by atoms with Crippen molar-refractivity contribution in [3.63, 3.8) is 0 Å². The number of carbonyl (C=O) groups is 3. The third-order valence-electron chi connectivity index (χ3n) is 4.57. The molecule has 0 aromatic heterocycles. The minimum Gasteiger partial charge on any atom is -0.481 e. The van der Waals surface area contributed by atoms with Crippen LogP contribution in [0.4, 0.5) is 5.69 Å². The lowest BCUT2D eigenvalue weighted by Gasteiger charge is -2.20. The highest BCUT2D eigenvalue weighted by Crippen LogP contribution is 2.28. The smallest absolute Gasteiger partial charge is 0.339 e. The second-order valence-corrected chi connectivity index (χ2v) is 7.19. The zero-order valence-corrected chi connectivity index (χ0v) is 18.1. The summed E-state index contributed by atoms with van der Waals surface area (Å²) in [6.45, 7) is 7.65. The lowest BCUT2D eigenvalue weighted by atomic mass is 10.0. The average molecular weight is 413 g/mol. The summed E-state index contributed by atoms with van der Waals surface area (Å²) >= 11 is 0. The topological polar surface area (TPSA) is 90.9 Å². The van der Waals surface area contributed by atoms with E-state index in [1.165, 1.54) is 32.4 Å². The number of rotatable bonds is 7. The third-order valence-corrected chi connectivity index (χ3v) is 4.57. The van der Waals surface area contributed by atoms with E-state index in [2.05, 4.69) is 5.32 Å². The first-order chi connectivity index (χ1) is 14.2. The van der Waals surface area contributed by atoms with Gasteiger partial charge >= 0.3 is 11.9 Å². The second-order valence-electron chi connectivity index (χ2n) is 7.19. The van der Waals surface area contributed by atoms with Crippen LogP contribution in [0, 0.1) is 6.92 Å². The van der Waals surface area contributed by atoms with Gasteiger partial charge in [0.25, 0.3) is 5.91 Å². The highest BCUT2D eigenvalue weighted by molar-refractivity contribution is 6.04. The summed E-state index contributed by atoms with van der Waals surface area (Å²) in [4.78, 5) is 36.7. The predicted octanol–water partition coefficient (Wildman–Crippen LogP) is 4.10. The maximum atomic E-state index is 12.8. The van der Waals surface area contributed by atoms with E-state index < -0.39 is 23.9 Å². The number of ether oxygens (including phenoxy) is 3. The molecule has 0 saturated carbocycles. The van der Waals surface area contributed by atoms with Gasteiger partial charge < -0.3 is 19.5 Å². The van der Waals surface area contributed by atoms with E-state index in [-0.39, 0.29) is 22.7 Å². The normalized spacial score (nSPS) is 11.6. The zero-order valence-electron chi connectivity index (χ0n) is 18.1. The lowest BCUT2D eigenvalue weighted by molar-refractivity contribution is -0.122. The van der Waals surface area contributed by atoms with E-state index in [1.807, 2.05) is 39.0 Å². The Kier molecular flexibility index (Phi) is 7.58. The number of hydrogen-bond donors (Lipinski definition) is 1. The third kappa shape index (κ3) is 5.37. The van der Waals surface area contributed by atoms with Crippen LogP contribution in [-0.2, 0) is 14.3 Å². The van der Waals surface area contributed by atoms with Crippen molar-refractivity contribution < 1.29 is 28.6 Å². The van der Waals surface area contributed by atoms with Crippen molar-refractivity contribution >= 4 is 23.5 Å². The molecule has 0 spiro atoms. The standard InChI is InChI=1S/C23H27NO6/c1-13(2)17-9-7-14(3)11-20(17)30-15(4)21(25)24-19-12-16(22(26)28-5)8-10-18(19)23(27)29-6/h7-13,15H,1-6H3,(H,24,25)/t15-/m0/s1. The Balaban J connectivity index is 2.29. The van der Waals surface area contributed by atoms with Gasteiger partial charge in [0.05, 0.1) is 31.0 Å². The van der Waals surface area contributed by atoms with E-state index in [0.29, 0.717) is 5.75 Å². The van der Waals surface area contributed by atoms with Gasteiger partial charge in [-0.05, 0) is 55.2 Å². The highest BCUT2D eigenvalue weighted by atomic mass is 16.5. The molecule has 0 unspecified atom stereocenters. The molecule has 0 fully saturated rings. The van der Waals surface area contributed by atoms with E-state index in [9.17, 15) is 14.4 Å². The number of methoxy groups -OCH3 is 2. The fourth-order valence-electron chi connectivity index (χ4n) is 2.88. The Morgan fingerprint density at radius 3 is 2.17 bits per heavy atom. The van der Waals surface area contributed by atoms with E-state index in [1.54, 1.807) is 6.92 Å². The van der Waals surface area contributed by atoms with Crippen molar-refractivity contribution in [2.24, 2.45) is 0 Å². The summed E-state index contributed by atoms with van der Waals surface area (Å²) in [6, 6.07) is 10.1. The molecule has 2 aromatic rings. The molecular weight excluding hydrogens is 386 g/mol. The fourth-order valence-corrected chi connectivity index (χ4v) is 2.88.